The van der Waals surface area contributed by atoms with Gasteiger partial charge in [-0.3, -0.25) is 9.63 Å². The van der Waals surface area contributed by atoms with Crippen LogP contribution in [0, 0.1) is 0 Å². The summed E-state index contributed by atoms with van der Waals surface area (Å²) in [4.78, 5) is 14.4. The summed E-state index contributed by atoms with van der Waals surface area (Å²) in [5.74, 6) is 0. The van der Waals surface area contributed by atoms with E-state index in [0.717, 1.165) is 19.4 Å². The van der Waals surface area contributed by atoms with Gasteiger partial charge in [-0.1, -0.05) is 0 Å². The fourth-order valence-corrected chi connectivity index (χ4v) is 0.951. The highest BCUT2D eigenvalue weighted by Gasteiger charge is 2.14. The van der Waals surface area contributed by atoms with Gasteiger partial charge in [0.1, 0.15) is 6.61 Å². The minimum Gasteiger partial charge on any atom is -0.376 e. The van der Waals surface area contributed by atoms with Crippen molar-refractivity contribution in [3.05, 3.63) is 0 Å². The third-order valence-electron chi connectivity index (χ3n) is 1.42. The predicted octanol–water partition coefficient (Wildman–Crippen LogP) is -0.157. The third kappa shape index (κ3) is 2.33. The van der Waals surface area contributed by atoms with Gasteiger partial charge in [-0.25, -0.2) is 5.48 Å². The van der Waals surface area contributed by atoms with Crippen LogP contribution in [0.25, 0.3) is 0 Å². The van der Waals surface area contributed by atoms with Crippen molar-refractivity contribution >= 4 is 6.41 Å². The lowest BCUT2D eigenvalue weighted by Gasteiger charge is -2.06. The zero-order valence-corrected chi connectivity index (χ0v) is 5.71. The second-order valence-corrected chi connectivity index (χ2v) is 2.18. The van der Waals surface area contributed by atoms with Crippen molar-refractivity contribution in [3.8, 4) is 0 Å². The van der Waals surface area contributed by atoms with Gasteiger partial charge in [0.2, 0.25) is 6.41 Å². The lowest BCUT2D eigenvalue weighted by molar-refractivity contribution is -0.123. The van der Waals surface area contributed by atoms with Crippen LogP contribution in [0.15, 0.2) is 0 Å². The standard InChI is InChI=1S/C6H11NO3/c8-5-7-10-4-6-2-1-3-9-6/h5-6H,1-4H2,(H,7,8). The van der Waals surface area contributed by atoms with Crippen LogP contribution in [0.5, 0.6) is 0 Å². The molecule has 1 heterocycles. The summed E-state index contributed by atoms with van der Waals surface area (Å²) in [5.41, 5.74) is 2.11. The van der Waals surface area contributed by atoms with E-state index >= 15 is 0 Å². The monoisotopic (exact) mass is 145 g/mol. The number of hydrogen-bond donors (Lipinski definition) is 1. The highest BCUT2D eigenvalue weighted by atomic mass is 16.7. The molecule has 1 atom stereocenters. The highest BCUT2D eigenvalue weighted by molar-refractivity contribution is 5.43. The van der Waals surface area contributed by atoms with Gasteiger partial charge in [-0.15, -0.1) is 0 Å². The van der Waals surface area contributed by atoms with Gasteiger partial charge in [0.05, 0.1) is 6.10 Å². The number of hydrogen-bond acceptors (Lipinski definition) is 3. The van der Waals surface area contributed by atoms with E-state index in [-0.39, 0.29) is 6.10 Å². The van der Waals surface area contributed by atoms with E-state index in [0.29, 0.717) is 13.0 Å². The van der Waals surface area contributed by atoms with Gasteiger partial charge in [-0.2, -0.15) is 0 Å². The molecule has 1 N–H and O–H groups in total. The topological polar surface area (TPSA) is 47.6 Å². The predicted molar refractivity (Wildman–Crippen MR) is 34.1 cm³/mol. The Kier molecular flexibility index (Phi) is 3.18. The summed E-state index contributed by atoms with van der Waals surface area (Å²) < 4.78 is 5.22. The Labute approximate surface area is 59.5 Å². The summed E-state index contributed by atoms with van der Waals surface area (Å²) in [5, 5.41) is 0. The fraction of sp³-hybridized carbons (Fsp3) is 0.833. The van der Waals surface area contributed by atoms with Crippen molar-refractivity contribution in [2.24, 2.45) is 0 Å². The molecule has 1 amide bonds. The van der Waals surface area contributed by atoms with E-state index in [4.69, 9.17) is 9.57 Å². The Morgan fingerprint density at radius 2 is 2.70 bits per heavy atom. The molecule has 58 valence electrons. The van der Waals surface area contributed by atoms with Crippen molar-refractivity contribution in [2.45, 2.75) is 18.9 Å². The number of rotatable bonds is 4. The van der Waals surface area contributed by atoms with E-state index in [1.165, 1.54) is 0 Å². The Hall–Kier alpha value is -0.610. The first-order valence-electron chi connectivity index (χ1n) is 3.36. The first-order chi connectivity index (χ1) is 4.93. The van der Waals surface area contributed by atoms with Gasteiger partial charge in [0.25, 0.3) is 0 Å². The molecular weight excluding hydrogens is 134 g/mol. The van der Waals surface area contributed by atoms with E-state index < -0.39 is 0 Å². The van der Waals surface area contributed by atoms with Crippen LogP contribution in [-0.4, -0.2) is 25.7 Å². The van der Waals surface area contributed by atoms with Crippen LogP contribution < -0.4 is 5.48 Å². The second-order valence-electron chi connectivity index (χ2n) is 2.18. The zero-order chi connectivity index (χ0) is 7.23. The molecular formula is C6H11NO3. The summed E-state index contributed by atoms with van der Waals surface area (Å²) in [7, 11) is 0. The van der Waals surface area contributed by atoms with Crippen LogP contribution in [0.3, 0.4) is 0 Å². The molecule has 0 aliphatic carbocycles. The highest BCUT2D eigenvalue weighted by Crippen LogP contribution is 2.10. The molecule has 0 aromatic carbocycles. The van der Waals surface area contributed by atoms with Crippen molar-refractivity contribution in [1.29, 1.82) is 0 Å². The molecule has 1 aliphatic heterocycles. The largest absolute Gasteiger partial charge is 0.376 e. The maximum Gasteiger partial charge on any atom is 0.230 e. The summed E-state index contributed by atoms with van der Waals surface area (Å²) >= 11 is 0. The smallest absolute Gasteiger partial charge is 0.230 e. The molecule has 0 bridgehead atoms. The first-order valence-corrected chi connectivity index (χ1v) is 3.36. The first kappa shape index (κ1) is 7.50. The molecule has 1 rings (SSSR count). The average Bonchev–Trinajstić information content (AvgIpc) is 2.41. The maximum absolute atomic E-state index is 9.70. The van der Waals surface area contributed by atoms with Gasteiger partial charge in [0.15, 0.2) is 0 Å². The van der Waals surface area contributed by atoms with Gasteiger partial charge in [-0.05, 0) is 12.8 Å². The molecule has 0 aromatic rings. The maximum atomic E-state index is 9.70. The third-order valence-corrected chi connectivity index (χ3v) is 1.42. The van der Waals surface area contributed by atoms with E-state index in [1.54, 1.807) is 0 Å². The molecule has 4 nitrogen and oxygen atoms in total. The van der Waals surface area contributed by atoms with Crippen LogP contribution in [0.1, 0.15) is 12.8 Å². The normalized spacial score (nSPS) is 24.6. The molecule has 1 fully saturated rings. The van der Waals surface area contributed by atoms with Crippen molar-refractivity contribution in [3.63, 3.8) is 0 Å². The minimum absolute atomic E-state index is 0.174. The zero-order valence-electron chi connectivity index (χ0n) is 5.71. The molecule has 0 radical (unpaired) electrons. The Bertz CT molecular complexity index is 101. The fourth-order valence-electron chi connectivity index (χ4n) is 0.951. The average molecular weight is 145 g/mol. The molecule has 1 unspecified atom stereocenters. The quantitative estimate of drug-likeness (QED) is 0.340. The number of nitrogens with one attached hydrogen (secondary N) is 1. The molecule has 0 saturated carbocycles. The molecule has 0 spiro atoms. The number of amides is 1. The number of carbonyl (C=O) groups is 1. The molecule has 1 aliphatic rings. The Balaban J connectivity index is 1.96. The molecule has 4 heteroatoms. The lowest BCUT2D eigenvalue weighted by atomic mass is 10.2. The molecule has 10 heavy (non-hydrogen) atoms. The van der Waals surface area contributed by atoms with Crippen molar-refractivity contribution in [1.82, 2.24) is 5.48 Å². The number of ether oxygens (including phenoxy) is 1. The van der Waals surface area contributed by atoms with Crippen LogP contribution >= 0.6 is 0 Å². The van der Waals surface area contributed by atoms with Crippen LogP contribution in [-0.2, 0) is 14.4 Å². The van der Waals surface area contributed by atoms with E-state index in [9.17, 15) is 4.79 Å². The van der Waals surface area contributed by atoms with E-state index in [1.807, 2.05) is 0 Å². The second kappa shape index (κ2) is 4.24. The van der Waals surface area contributed by atoms with Gasteiger partial charge in [0, 0.05) is 6.61 Å². The Morgan fingerprint density at radius 1 is 1.80 bits per heavy atom. The SMILES string of the molecule is O=CNOCC1CCCO1. The minimum atomic E-state index is 0.174. The Morgan fingerprint density at radius 3 is 3.30 bits per heavy atom. The van der Waals surface area contributed by atoms with Crippen molar-refractivity contribution < 1.29 is 14.4 Å². The van der Waals surface area contributed by atoms with E-state index in [2.05, 4.69) is 5.48 Å². The molecule has 1 saturated heterocycles. The van der Waals surface area contributed by atoms with Gasteiger partial charge >= 0.3 is 0 Å². The van der Waals surface area contributed by atoms with Gasteiger partial charge < -0.3 is 4.74 Å². The van der Waals surface area contributed by atoms with Crippen molar-refractivity contribution in [2.75, 3.05) is 13.2 Å². The van der Waals surface area contributed by atoms with Crippen LogP contribution in [0.4, 0.5) is 0 Å². The lowest BCUT2D eigenvalue weighted by Crippen LogP contribution is -2.21. The summed E-state index contributed by atoms with van der Waals surface area (Å²) in [6, 6.07) is 0. The summed E-state index contributed by atoms with van der Waals surface area (Å²) in [6.07, 6.45) is 2.80. The number of carbonyl (C=O) groups excluding carboxylic acids is 1. The number of hydroxylamine groups is 1. The van der Waals surface area contributed by atoms with Crippen LogP contribution in [0.2, 0.25) is 0 Å². The molecule has 0 aromatic heterocycles. The summed E-state index contributed by atoms with van der Waals surface area (Å²) in [6.45, 7) is 1.27.